The molecule has 0 saturated carbocycles. The van der Waals surface area contributed by atoms with E-state index in [2.05, 4.69) is 31.1 Å². The van der Waals surface area contributed by atoms with Crippen LogP contribution in [-0.2, 0) is 70.3 Å². The number of unbranched alkanes of at least 4 members (excludes halogenated alkanes) is 2. The predicted octanol–water partition coefficient (Wildman–Crippen LogP) is 1.23. The van der Waals surface area contributed by atoms with Crippen molar-refractivity contribution in [3.8, 4) is 0 Å². The molecule has 7 amide bonds. The summed E-state index contributed by atoms with van der Waals surface area (Å²) >= 11 is 0. The molecule has 29 heteroatoms. The molecule has 4 rings (SSSR count). The van der Waals surface area contributed by atoms with E-state index in [1.165, 1.54) is 0 Å². The van der Waals surface area contributed by atoms with Gasteiger partial charge in [-0.1, -0.05) is 26.7 Å². The van der Waals surface area contributed by atoms with Crippen molar-refractivity contribution < 1.29 is 87.7 Å². The molecule has 0 fully saturated rings. The molecule has 430 valence electrons. The first kappa shape index (κ1) is 64.1. The zero-order valence-corrected chi connectivity index (χ0v) is 46.2. The van der Waals surface area contributed by atoms with Gasteiger partial charge in [0.15, 0.2) is 5.70 Å². The average Bonchev–Trinajstić information content (AvgIpc) is 3.98. The lowest BCUT2D eigenvalue weighted by atomic mass is 9.88. The number of phosphoric acid groups is 1. The molecule has 77 heavy (non-hydrogen) atoms. The Bertz CT molecular complexity index is 2600. The number of carbonyl (C=O) groups is 7. The second-order valence-corrected chi connectivity index (χ2v) is 22.8. The quantitative estimate of drug-likeness (QED) is 0.0117. The van der Waals surface area contributed by atoms with Gasteiger partial charge in [0.2, 0.25) is 29.5 Å². The van der Waals surface area contributed by atoms with Crippen LogP contribution < -0.4 is 26.6 Å². The summed E-state index contributed by atoms with van der Waals surface area (Å²) in [6.07, 6.45) is 9.56. The monoisotopic (exact) mass is 1130 g/mol. The molecule has 3 aliphatic heterocycles. The molecule has 0 spiro atoms. The van der Waals surface area contributed by atoms with E-state index >= 15 is 8.63 Å². The number of hydrogen-bond donors (Lipinski definition) is 8. The van der Waals surface area contributed by atoms with Crippen molar-refractivity contribution in [1.82, 2.24) is 36.0 Å². The van der Waals surface area contributed by atoms with E-state index < -0.39 is 91.2 Å². The Labute approximate surface area is 448 Å². The molecule has 0 radical (unpaired) electrons. The number of aromatic nitrogens is 1. The number of hydrogen-bond acceptors (Lipinski definition) is 12. The Balaban J connectivity index is 1.25. The maximum absolute atomic E-state index is 17.1. The predicted molar refractivity (Wildman–Crippen MR) is 280 cm³/mol. The summed E-state index contributed by atoms with van der Waals surface area (Å²) in [6.45, 7) is -0.231. The topological polar surface area (TPSA) is 321 Å². The van der Waals surface area contributed by atoms with Gasteiger partial charge >= 0.3 is 14.8 Å². The van der Waals surface area contributed by atoms with Crippen LogP contribution in [0.15, 0.2) is 35.6 Å². The Kier molecular flexibility index (Phi) is 24.5. The van der Waals surface area contributed by atoms with Crippen LogP contribution >= 0.6 is 7.82 Å². The first-order valence-corrected chi connectivity index (χ1v) is 29.1. The molecule has 8 N–H and O–H groups in total. The molecular formula is C48H76BF2N9O15PS+. The molecule has 1 aromatic rings. The van der Waals surface area contributed by atoms with Gasteiger partial charge in [0.1, 0.15) is 23.5 Å². The van der Waals surface area contributed by atoms with E-state index in [1.54, 1.807) is 12.2 Å². The van der Waals surface area contributed by atoms with Crippen LogP contribution in [0.3, 0.4) is 0 Å². The summed E-state index contributed by atoms with van der Waals surface area (Å²) < 4.78 is 91.8. The van der Waals surface area contributed by atoms with Crippen LogP contribution in [0.4, 0.5) is 8.63 Å². The first-order chi connectivity index (χ1) is 36.1. The van der Waals surface area contributed by atoms with E-state index in [-0.39, 0.29) is 83.1 Å². The van der Waals surface area contributed by atoms with Crippen molar-refractivity contribution in [3.05, 3.63) is 52.5 Å². The van der Waals surface area contributed by atoms with Gasteiger partial charge in [0, 0.05) is 87.3 Å². The number of halogens is 2. The SMILES string of the molecule is CCCC1=CC(CCC(=O)NC(CS(=O)(=O)O)C(=O)NCCCCC(=O)NC(COP(=O)(O)O)C(=O)NCCCCC(=O)NCCOCCN2C(=O)C=CC2=O)=[N+]2C1=Cc1c(CCC)cc(CCC[N+](C)(C)C)n1[B-]2(F)F. The molecule has 1 aromatic heterocycles. The number of nitrogens with one attached hydrogen (secondary N) is 5. The fourth-order valence-electron chi connectivity index (χ4n) is 8.94. The van der Waals surface area contributed by atoms with Crippen LogP contribution in [0, 0.1) is 0 Å². The van der Waals surface area contributed by atoms with Crippen LogP contribution in [-0.4, -0.2) is 187 Å². The molecule has 24 nitrogen and oxygen atoms in total. The average molecular weight is 1130 g/mol. The fourth-order valence-corrected chi connectivity index (χ4v) is 9.94. The van der Waals surface area contributed by atoms with Gasteiger partial charge in [-0.15, -0.1) is 0 Å². The number of rotatable bonds is 36. The molecule has 2 atom stereocenters. The minimum atomic E-state index is -5.06. The van der Waals surface area contributed by atoms with Gasteiger partial charge in [-0.2, -0.15) is 8.42 Å². The molecule has 2 unspecified atom stereocenters. The first-order valence-electron chi connectivity index (χ1n) is 25.9. The minimum absolute atomic E-state index is 0.0282. The number of imide groups is 1. The van der Waals surface area contributed by atoms with E-state index in [9.17, 15) is 60.9 Å². The smallest absolute Gasteiger partial charge is 0.394 e. The second kappa shape index (κ2) is 29.5. The Morgan fingerprint density at radius 3 is 1.97 bits per heavy atom. The summed E-state index contributed by atoms with van der Waals surface area (Å²) in [6, 6.07) is -1.44. The minimum Gasteiger partial charge on any atom is -0.394 e. The van der Waals surface area contributed by atoms with Crippen LogP contribution in [0.1, 0.15) is 108 Å². The number of fused-ring (bicyclic) bond motifs is 2. The Hall–Kier alpha value is -5.48. The van der Waals surface area contributed by atoms with Gasteiger partial charge in [0.05, 0.1) is 54.1 Å². The molecule has 0 aromatic carbocycles. The van der Waals surface area contributed by atoms with Crippen LogP contribution in [0.25, 0.3) is 6.08 Å². The number of carbonyl (C=O) groups excluding carboxylic acids is 7. The van der Waals surface area contributed by atoms with Crippen molar-refractivity contribution in [1.29, 1.82) is 0 Å². The lowest BCUT2D eigenvalue weighted by molar-refractivity contribution is -0.870. The Morgan fingerprint density at radius 2 is 1.38 bits per heavy atom. The van der Waals surface area contributed by atoms with Gasteiger partial charge < -0.3 is 63.2 Å². The Morgan fingerprint density at radius 1 is 0.779 bits per heavy atom. The van der Waals surface area contributed by atoms with Crippen LogP contribution in [0.2, 0.25) is 0 Å². The molecule has 3 aliphatic rings. The summed E-state index contributed by atoms with van der Waals surface area (Å²) in [7, 11) is -3.77. The van der Waals surface area contributed by atoms with E-state index in [0.29, 0.717) is 72.1 Å². The third-order valence-electron chi connectivity index (χ3n) is 12.6. The van der Waals surface area contributed by atoms with Crippen molar-refractivity contribution in [2.75, 3.05) is 79.4 Å². The number of allylic oxidation sites excluding steroid dienone is 2. The lowest BCUT2D eigenvalue weighted by Gasteiger charge is -2.32. The van der Waals surface area contributed by atoms with Crippen LogP contribution in [0.5, 0.6) is 0 Å². The highest BCUT2D eigenvalue weighted by Crippen LogP contribution is 2.40. The summed E-state index contributed by atoms with van der Waals surface area (Å²) in [5.74, 6) is -5.74. The standard InChI is InChI=1S/C48H75BF2N9O15PS/c1-6-13-34-29-36(15-12-26-60(3,4)5)58-40(34)31-41-35(14-7-2)30-37(59(41)49(58,50)51)18-19-44(63)56-39(33-77(71,72)73)48(67)54-23-11-9-17-43(62)55-38(32-75-76(68,69)70)47(66)53-22-10-8-16-42(61)52-24-27-74-28-25-57-45(64)20-21-46(57)65/h20-21,29-31,38-39H,6-19,22-28,32-33H2,1-5H3,(H7-,52,53,54,55,56,61,62,63,66,67,68,69,70,71,72,73)/p+1. The maximum Gasteiger partial charge on any atom is 0.737 e. The third kappa shape index (κ3) is 21.0. The highest BCUT2D eigenvalue weighted by atomic mass is 32.2. The highest BCUT2D eigenvalue weighted by molar-refractivity contribution is 7.85. The maximum atomic E-state index is 17.1. The van der Waals surface area contributed by atoms with E-state index in [1.807, 2.05) is 41.1 Å². The third-order valence-corrected chi connectivity index (χ3v) is 13.8. The number of amides is 7. The fraction of sp³-hybridized carbons (Fsp3) is 0.625. The van der Waals surface area contributed by atoms with E-state index in [4.69, 9.17) is 4.74 Å². The van der Waals surface area contributed by atoms with Crippen molar-refractivity contribution in [2.24, 2.45) is 0 Å². The summed E-state index contributed by atoms with van der Waals surface area (Å²) in [5.41, 5.74) is 3.09. The van der Waals surface area contributed by atoms with Crippen molar-refractivity contribution >= 4 is 78.0 Å². The number of quaternary nitrogens is 1. The summed E-state index contributed by atoms with van der Waals surface area (Å²) in [4.78, 5) is 107. The van der Waals surface area contributed by atoms with Crippen molar-refractivity contribution in [2.45, 2.75) is 116 Å². The van der Waals surface area contributed by atoms with Gasteiger partial charge in [0.25, 0.3) is 21.9 Å². The molecule has 0 bridgehead atoms. The zero-order chi connectivity index (χ0) is 57.1. The summed E-state index contributed by atoms with van der Waals surface area (Å²) in [5, 5.41) is 12.3. The van der Waals surface area contributed by atoms with E-state index in [0.717, 1.165) is 44.5 Å². The highest BCUT2D eigenvalue weighted by Gasteiger charge is 2.54. The zero-order valence-electron chi connectivity index (χ0n) is 44.5. The molecule has 4 heterocycles. The van der Waals surface area contributed by atoms with Crippen molar-refractivity contribution in [3.63, 3.8) is 0 Å². The van der Waals surface area contributed by atoms with Gasteiger partial charge in [-0.25, -0.2) is 4.57 Å². The number of nitrogens with zero attached hydrogens (tertiary/aromatic N) is 4. The molecular weight excluding hydrogens is 1050 g/mol. The molecule has 0 saturated heterocycles. The second-order valence-electron chi connectivity index (χ2n) is 20.1. The number of aryl methyl sites for hydroxylation is 2. The normalized spacial score (nSPS) is 15.9. The lowest BCUT2D eigenvalue weighted by Crippen LogP contribution is -2.52. The molecule has 0 aliphatic carbocycles. The van der Waals surface area contributed by atoms with Gasteiger partial charge in [-0.3, -0.25) is 47.5 Å². The largest absolute Gasteiger partial charge is 0.737 e. The van der Waals surface area contributed by atoms with Gasteiger partial charge in [-0.05, 0) is 62.3 Å². The number of phosphoric ester groups is 1. The number of ether oxygens (including phenoxy) is 1.